The fraction of sp³-hybridized carbons (Fsp3) is 0.917. The lowest BCUT2D eigenvalue weighted by atomic mass is 9.79. The van der Waals surface area contributed by atoms with Crippen LogP contribution in [0.15, 0.2) is 0 Å². The van der Waals surface area contributed by atoms with Gasteiger partial charge in [-0.3, -0.25) is 4.79 Å². The van der Waals surface area contributed by atoms with Gasteiger partial charge >= 0.3 is 5.97 Å². The van der Waals surface area contributed by atoms with Crippen molar-refractivity contribution in [2.75, 3.05) is 6.54 Å². The number of aliphatic carboxylic acids is 1. The number of carbonyl (C=O) groups is 1. The Morgan fingerprint density at radius 2 is 2.06 bits per heavy atom. The molecule has 0 aromatic heterocycles. The Labute approximate surface area is 97.0 Å². The van der Waals surface area contributed by atoms with Crippen LogP contribution < -0.4 is 5.32 Å². The number of nitrogens with one attached hydrogen (secondary N) is 1. The van der Waals surface area contributed by atoms with Crippen molar-refractivity contribution in [3.05, 3.63) is 0 Å². The standard InChI is InChI=1S/C12H23NO3/c1-12(2,3)6-8(14)7-13-10-5-4-9(10)11(15)16/h8-10,13-14H,4-7H2,1-3H3,(H,15,16). The van der Waals surface area contributed by atoms with Crippen molar-refractivity contribution in [2.45, 2.75) is 52.2 Å². The van der Waals surface area contributed by atoms with Gasteiger partial charge in [-0.05, 0) is 24.7 Å². The zero-order valence-electron chi connectivity index (χ0n) is 10.4. The quantitative estimate of drug-likeness (QED) is 0.663. The highest BCUT2D eigenvalue weighted by Crippen LogP contribution is 2.28. The van der Waals surface area contributed by atoms with Gasteiger partial charge in [-0.25, -0.2) is 0 Å². The van der Waals surface area contributed by atoms with Gasteiger partial charge in [0.2, 0.25) is 0 Å². The Morgan fingerprint density at radius 3 is 2.44 bits per heavy atom. The molecule has 1 aliphatic rings. The Morgan fingerprint density at radius 1 is 1.44 bits per heavy atom. The van der Waals surface area contributed by atoms with Crippen molar-refractivity contribution in [3.63, 3.8) is 0 Å². The van der Waals surface area contributed by atoms with Gasteiger partial charge in [0.25, 0.3) is 0 Å². The summed E-state index contributed by atoms with van der Waals surface area (Å²) in [5, 5.41) is 21.8. The summed E-state index contributed by atoms with van der Waals surface area (Å²) in [5.41, 5.74) is 0.104. The molecule has 0 spiro atoms. The van der Waals surface area contributed by atoms with E-state index in [1.54, 1.807) is 0 Å². The normalized spacial score (nSPS) is 27.2. The summed E-state index contributed by atoms with van der Waals surface area (Å²) in [6.45, 7) is 6.74. The summed E-state index contributed by atoms with van der Waals surface area (Å²) in [4.78, 5) is 10.8. The topological polar surface area (TPSA) is 69.6 Å². The van der Waals surface area contributed by atoms with Gasteiger partial charge in [0.15, 0.2) is 0 Å². The van der Waals surface area contributed by atoms with E-state index in [0.717, 1.165) is 19.3 Å². The Kier molecular flexibility index (Phi) is 4.33. The molecule has 0 aromatic carbocycles. The molecule has 4 heteroatoms. The maximum atomic E-state index is 10.8. The van der Waals surface area contributed by atoms with Crippen LogP contribution in [0.25, 0.3) is 0 Å². The molecule has 1 saturated carbocycles. The summed E-state index contributed by atoms with van der Waals surface area (Å²) < 4.78 is 0. The molecule has 3 unspecified atom stereocenters. The number of aliphatic hydroxyl groups is 1. The smallest absolute Gasteiger partial charge is 0.308 e. The van der Waals surface area contributed by atoms with Crippen molar-refractivity contribution in [1.82, 2.24) is 5.32 Å². The number of carboxylic acid groups (broad SMARTS) is 1. The average molecular weight is 229 g/mol. The summed E-state index contributed by atoms with van der Waals surface area (Å²) in [7, 11) is 0. The molecule has 0 amide bonds. The van der Waals surface area contributed by atoms with Crippen LogP contribution in [0.4, 0.5) is 0 Å². The number of hydrogen-bond donors (Lipinski definition) is 3. The van der Waals surface area contributed by atoms with Crippen LogP contribution in [0.5, 0.6) is 0 Å². The minimum Gasteiger partial charge on any atom is -0.481 e. The minimum absolute atomic E-state index is 0.0483. The number of hydrogen-bond acceptors (Lipinski definition) is 3. The van der Waals surface area contributed by atoms with Gasteiger partial charge in [0.1, 0.15) is 0 Å². The highest BCUT2D eigenvalue weighted by Gasteiger charge is 2.36. The maximum absolute atomic E-state index is 10.8. The fourth-order valence-electron chi connectivity index (χ4n) is 2.11. The molecule has 0 aliphatic heterocycles. The molecule has 94 valence electrons. The molecule has 0 saturated heterocycles. The van der Waals surface area contributed by atoms with Crippen molar-refractivity contribution in [3.8, 4) is 0 Å². The third kappa shape index (κ3) is 4.10. The van der Waals surface area contributed by atoms with Gasteiger partial charge in [-0.1, -0.05) is 20.8 Å². The maximum Gasteiger partial charge on any atom is 0.308 e. The lowest BCUT2D eigenvalue weighted by molar-refractivity contribution is -0.146. The zero-order chi connectivity index (χ0) is 12.3. The Hall–Kier alpha value is -0.610. The molecule has 1 aliphatic carbocycles. The van der Waals surface area contributed by atoms with Gasteiger partial charge in [0, 0.05) is 12.6 Å². The van der Waals surface area contributed by atoms with Gasteiger partial charge < -0.3 is 15.5 Å². The third-order valence-electron chi connectivity index (χ3n) is 3.06. The second kappa shape index (κ2) is 5.15. The van der Waals surface area contributed by atoms with Crippen LogP contribution in [0.2, 0.25) is 0 Å². The first-order valence-electron chi connectivity index (χ1n) is 5.94. The molecule has 4 nitrogen and oxygen atoms in total. The van der Waals surface area contributed by atoms with Gasteiger partial charge in [-0.2, -0.15) is 0 Å². The largest absolute Gasteiger partial charge is 0.481 e. The molecule has 0 aromatic rings. The molecular weight excluding hydrogens is 206 g/mol. The average Bonchev–Trinajstić information content (AvgIpc) is 1.96. The van der Waals surface area contributed by atoms with Crippen LogP contribution in [0.1, 0.15) is 40.0 Å². The molecule has 3 atom stereocenters. The van der Waals surface area contributed by atoms with Crippen LogP contribution in [0.3, 0.4) is 0 Å². The van der Waals surface area contributed by atoms with Crippen molar-refractivity contribution in [2.24, 2.45) is 11.3 Å². The number of carboxylic acids is 1. The molecule has 0 heterocycles. The van der Waals surface area contributed by atoms with E-state index in [-0.39, 0.29) is 17.4 Å². The summed E-state index contributed by atoms with van der Waals surface area (Å²) in [6, 6.07) is 0.0483. The predicted molar refractivity (Wildman–Crippen MR) is 62.2 cm³/mol. The molecule has 1 rings (SSSR count). The minimum atomic E-state index is -0.728. The number of rotatable bonds is 5. The van der Waals surface area contributed by atoms with Crippen LogP contribution in [-0.4, -0.2) is 34.9 Å². The SMILES string of the molecule is CC(C)(C)CC(O)CNC1CCC1C(=O)O. The van der Waals surface area contributed by atoms with Gasteiger partial charge in [0.05, 0.1) is 12.0 Å². The van der Waals surface area contributed by atoms with Crippen molar-refractivity contribution in [1.29, 1.82) is 0 Å². The number of aliphatic hydroxyl groups excluding tert-OH is 1. The lowest BCUT2D eigenvalue weighted by Gasteiger charge is -2.35. The first-order chi connectivity index (χ1) is 7.29. The molecule has 0 radical (unpaired) electrons. The van der Waals surface area contributed by atoms with Crippen LogP contribution in [-0.2, 0) is 4.79 Å². The van der Waals surface area contributed by atoms with E-state index in [0.29, 0.717) is 6.54 Å². The lowest BCUT2D eigenvalue weighted by Crippen LogP contribution is -2.49. The van der Waals surface area contributed by atoms with Crippen molar-refractivity contribution >= 4 is 5.97 Å². The fourth-order valence-corrected chi connectivity index (χ4v) is 2.11. The predicted octanol–water partition coefficient (Wildman–Crippen LogP) is 1.24. The molecule has 3 N–H and O–H groups in total. The summed E-state index contributed by atoms with van der Waals surface area (Å²) in [6.07, 6.45) is 1.99. The zero-order valence-corrected chi connectivity index (χ0v) is 10.4. The second-order valence-corrected chi connectivity index (χ2v) is 5.96. The second-order valence-electron chi connectivity index (χ2n) is 5.96. The highest BCUT2D eigenvalue weighted by atomic mass is 16.4. The van der Waals surface area contributed by atoms with E-state index in [4.69, 9.17) is 5.11 Å². The van der Waals surface area contributed by atoms with Gasteiger partial charge in [-0.15, -0.1) is 0 Å². The van der Waals surface area contributed by atoms with E-state index >= 15 is 0 Å². The van der Waals surface area contributed by atoms with E-state index in [1.807, 2.05) is 0 Å². The summed E-state index contributed by atoms with van der Waals surface area (Å²) >= 11 is 0. The first kappa shape index (κ1) is 13.5. The molecule has 1 fully saturated rings. The van der Waals surface area contributed by atoms with Crippen LogP contribution in [0, 0.1) is 11.3 Å². The molecule has 16 heavy (non-hydrogen) atoms. The van der Waals surface area contributed by atoms with E-state index in [1.165, 1.54) is 0 Å². The first-order valence-corrected chi connectivity index (χ1v) is 5.94. The monoisotopic (exact) mass is 229 g/mol. The Bertz CT molecular complexity index is 247. The summed E-state index contributed by atoms with van der Waals surface area (Å²) in [5.74, 6) is -0.990. The van der Waals surface area contributed by atoms with E-state index in [9.17, 15) is 9.90 Å². The van der Waals surface area contributed by atoms with E-state index in [2.05, 4.69) is 26.1 Å². The molecule has 0 bridgehead atoms. The Balaban J connectivity index is 2.22. The van der Waals surface area contributed by atoms with E-state index < -0.39 is 12.1 Å². The highest BCUT2D eigenvalue weighted by molar-refractivity contribution is 5.72. The van der Waals surface area contributed by atoms with Crippen LogP contribution >= 0.6 is 0 Å². The third-order valence-corrected chi connectivity index (χ3v) is 3.06. The molecular formula is C12H23NO3. The van der Waals surface area contributed by atoms with Crippen molar-refractivity contribution < 1.29 is 15.0 Å².